The fourth-order valence-corrected chi connectivity index (χ4v) is 2.12. The molecule has 3 nitrogen and oxygen atoms in total. The topological polar surface area (TPSA) is 38.0 Å². The number of hydrogen-bond donors (Lipinski definition) is 1. The largest absolute Gasteiger partial charge is 0.388 e. The third-order valence-corrected chi connectivity index (χ3v) is 3.11. The summed E-state index contributed by atoms with van der Waals surface area (Å²) in [5.74, 6) is -0.400. The first-order chi connectivity index (χ1) is 8.56. The highest BCUT2D eigenvalue weighted by Gasteiger charge is 2.12. The number of aliphatic hydroxyl groups excluding tert-OH is 1. The molecule has 1 atom stereocenters. The number of aromatic nitrogens is 2. The highest BCUT2D eigenvalue weighted by atomic mass is 35.5. The van der Waals surface area contributed by atoms with E-state index in [1.807, 2.05) is 13.2 Å². The molecule has 18 heavy (non-hydrogen) atoms. The van der Waals surface area contributed by atoms with Crippen LogP contribution in [0.25, 0.3) is 0 Å². The Bertz CT molecular complexity index is 542. The lowest BCUT2D eigenvalue weighted by molar-refractivity contribution is 0.168. The van der Waals surface area contributed by atoms with Crippen LogP contribution < -0.4 is 0 Å². The fraction of sp³-hybridized carbons (Fsp3) is 0.308. The molecule has 0 spiro atoms. The van der Waals surface area contributed by atoms with Gasteiger partial charge in [0.25, 0.3) is 0 Å². The SMILES string of the molecule is Cn1cc(CCC(O)c2ccc(F)cc2Cl)cn1. The quantitative estimate of drug-likeness (QED) is 0.926. The van der Waals surface area contributed by atoms with E-state index >= 15 is 0 Å². The second-order valence-electron chi connectivity index (χ2n) is 4.24. The highest BCUT2D eigenvalue weighted by Crippen LogP contribution is 2.26. The normalized spacial score (nSPS) is 12.7. The van der Waals surface area contributed by atoms with E-state index < -0.39 is 11.9 Å². The first-order valence-corrected chi connectivity index (χ1v) is 6.04. The molecule has 2 rings (SSSR count). The molecule has 0 aliphatic carbocycles. The Hall–Kier alpha value is -1.39. The van der Waals surface area contributed by atoms with Crippen LogP contribution in [0.2, 0.25) is 5.02 Å². The first-order valence-electron chi connectivity index (χ1n) is 5.67. The molecule has 1 unspecified atom stereocenters. The first kappa shape index (κ1) is 13.1. The highest BCUT2D eigenvalue weighted by molar-refractivity contribution is 6.31. The van der Waals surface area contributed by atoms with Crippen molar-refractivity contribution in [2.24, 2.45) is 7.05 Å². The maximum atomic E-state index is 12.9. The van der Waals surface area contributed by atoms with Crippen LogP contribution in [0, 0.1) is 5.82 Å². The molecule has 1 N–H and O–H groups in total. The van der Waals surface area contributed by atoms with Gasteiger partial charge in [-0.1, -0.05) is 17.7 Å². The number of aliphatic hydroxyl groups is 1. The maximum absolute atomic E-state index is 12.9. The molecule has 0 saturated heterocycles. The monoisotopic (exact) mass is 268 g/mol. The number of halogens is 2. The molecule has 0 aliphatic heterocycles. The Morgan fingerprint density at radius 1 is 1.50 bits per heavy atom. The summed E-state index contributed by atoms with van der Waals surface area (Å²) in [7, 11) is 1.84. The Labute approximate surface area is 110 Å². The van der Waals surface area contributed by atoms with Crippen molar-refractivity contribution in [2.45, 2.75) is 18.9 Å². The summed E-state index contributed by atoms with van der Waals surface area (Å²) in [6, 6.07) is 4.03. The summed E-state index contributed by atoms with van der Waals surface area (Å²) in [5, 5.41) is 14.3. The Kier molecular flexibility index (Phi) is 3.99. The van der Waals surface area contributed by atoms with E-state index in [4.69, 9.17) is 11.6 Å². The van der Waals surface area contributed by atoms with Crippen LogP contribution in [0.3, 0.4) is 0 Å². The lowest BCUT2D eigenvalue weighted by atomic mass is 10.0. The van der Waals surface area contributed by atoms with Gasteiger partial charge in [0.15, 0.2) is 0 Å². The number of rotatable bonds is 4. The predicted octanol–water partition coefficient (Wildman–Crippen LogP) is 2.88. The van der Waals surface area contributed by atoms with Crippen LogP contribution in [0.15, 0.2) is 30.6 Å². The van der Waals surface area contributed by atoms with Gasteiger partial charge in [0.2, 0.25) is 0 Å². The zero-order valence-corrected chi connectivity index (χ0v) is 10.7. The minimum absolute atomic E-state index is 0.258. The van der Waals surface area contributed by atoms with Gasteiger partial charge >= 0.3 is 0 Å². The summed E-state index contributed by atoms with van der Waals surface area (Å²) in [4.78, 5) is 0. The van der Waals surface area contributed by atoms with Gasteiger partial charge in [0.1, 0.15) is 5.82 Å². The summed E-state index contributed by atoms with van der Waals surface area (Å²) < 4.78 is 14.6. The van der Waals surface area contributed by atoms with Crippen molar-refractivity contribution < 1.29 is 9.50 Å². The van der Waals surface area contributed by atoms with Crippen LogP contribution >= 0.6 is 11.6 Å². The minimum atomic E-state index is -0.696. The molecular formula is C13H14ClFN2O. The van der Waals surface area contributed by atoms with Crippen molar-refractivity contribution in [3.05, 3.63) is 52.6 Å². The second kappa shape index (κ2) is 5.50. The van der Waals surface area contributed by atoms with Gasteiger partial charge in [-0.2, -0.15) is 5.10 Å². The molecule has 0 radical (unpaired) electrons. The molecular weight excluding hydrogens is 255 g/mol. The minimum Gasteiger partial charge on any atom is -0.388 e. The van der Waals surface area contributed by atoms with Gasteiger partial charge < -0.3 is 5.11 Å². The van der Waals surface area contributed by atoms with Gasteiger partial charge in [-0.15, -0.1) is 0 Å². The van der Waals surface area contributed by atoms with Gasteiger partial charge in [0.05, 0.1) is 12.3 Å². The van der Waals surface area contributed by atoms with Crippen LogP contribution in [0.1, 0.15) is 23.7 Å². The summed E-state index contributed by atoms with van der Waals surface area (Å²) in [6.45, 7) is 0. The molecule has 1 aromatic carbocycles. The zero-order chi connectivity index (χ0) is 13.1. The smallest absolute Gasteiger partial charge is 0.124 e. The summed E-state index contributed by atoms with van der Waals surface area (Å²) in [5.41, 5.74) is 1.61. The van der Waals surface area contributed by atoms with Crippen LogP contribution in [-0.4, -0.2) is 14.9 Å². The molecule has 0 aliphatic rings. The van der Waals surface area contributed by atoms with E-state index in [1.54, 1.807) is 10.9 Å². The van der Waals surface area contributed by atoms with E-state index in [9.17, 15) is 9.50 Å². The molecule has 0 bridgehead atoms. The summed E-state index contributed by atoms with van der Waals surface area (Å²) >= 11 is 5.89. The number of aryl methyl sites for hydroxylation is 2. The number of hydrogen-bond acceptors (Lipinski definition) is 2. The van der Waals surface area contributed by atoms with Crippen molar-refractivity contribution in [1.82, 2.24) is 9.78 Å². The number of nitrogens with zero attached hydrogens (tertiary/aromatic N) is 2. The van der Waals surface area contributed by atoms with Crippen LogP contribution in [0.4, 0.5) is 4.39 Å². The lowest BCUT2D eigenvalue weighted by Crippen LogP contribution is -2.00. The van der Waals surface area contributed by atoms with Crippen LogP contribution in [-0.2, 0) is 13.5 Å². The fourth-order valence-electron chi connectivity index (χ4n) is 1.83. The maximum Gasteiger partial charge on any atom is 0.124 e. The Morgan fingerprint density at radius 3 is 2.89 bits per heavy atom. The van der Waals surface area contributed by atoms with Crippen LogP contribution in [0.5, 0.6) is 0 Å². The van der Waals surface area contributed by atoms with Crippen molar-refractivity contribution in [2.75, 3.05) is 0 Å². The second-order valence-corrected chi connectivity index (χ2v) is 4.65. The van der Waals surface area contributed by atoms with E-state index in [0.29, 0.717) is 18.4 Å². The van der Waals surface area contributed by atoms with Crippen molar-refractivity contribution in [3.63, 3.8) is 0 Å². The third kappa shape index (κ3) is 3.09. The molecule has 1 heterocycles. The molecule has 0 fully saturated rings. The predicted molar refractivity (Wildman–Crippen MR) is 67.9 cm³/mol. The average molecular weight is 269 g/mol. The molecule has 2 aromatic rings. The molecule has 1 aromatic heterocycles. The van der Waals surface area contributed by atoms with E-state index in [1.165, 1.54) is 18.2 Å². The lowest BCUT2D eigenvalue weighted by Gasteiger charge is -2.12. The Morgan fingerprint density at radius 2 is 2.28 bits per heavy atom. The van der Waals surface area contributed by atoms with Gasteiger partial charge in [-0.25, -0.2) is 4.39 Å². The third-order valence-electron chi connectivity index (χ3n) is 2.79. The summed E-state index contributed by atoms with van der Waals surface area (Å²) in [6.07, 6.45) is 4.19. The van der Waals surface area contributed by atoms with Crippen molar-refractivity contribution in [3.8, 4) is 0 Å². The van der Waals surface area contributed by atoms with Gasteiger partial charge in [0, 0.05) is 18.3 Å². The standard InChI is InChI=1S/C13H14ClFN2O/c1-17-8-9(7-16-17)2-5-13(18)11-4-3-10(15)6-12(11)14/h3-4,6-8,13,18H,2,5H2,1H3. The zero-order valence-electron chi connectivity index (χ0n) is 9.98. The average Bonchev–Trinajstić information content (AvgIpc) is 2.72. The van der Waals surface area contributed by atoms with Gasteiger partial charge in [-0.3, -0.25) is 4.68 Å². The van der Waals surface area contributed by atoms with Crippen molar-refractivity contribution >= 4 is 11.6 Å². The van der Waals surface area contributed by atoms with E-state index in [2.05, 4.69) is 5.10 Å². The molecule has 5 heteroatoms. The van der Waals surface area contributed by atoms with E-state index in [-0.39, 0.29) is 5.02 Å². The Balaban J connectivity index is 2.01. The van der Waals surface area contributed by atoms with Gasteiger partial charge in [-0.05, 0) is 36.1 Å². The van der Waals surface area contributed by atoms with E-state index in [0.717, 1.165) is 5.56 Å². The molecule has 0 saturated carbocycles. The molecule has 0 amide bonds. The number of benzene rings is 1. The molecule has 96 valence electrons. The van der Waals surface area contributed by atoms with Crippen molar-refractivity contribution in [1.29, 1.82) is 0 Å².